The van der Waals surface area contributed by atoms with Crippen LogP contribution in [0.3, 0.4) is 0 Å². The van der Waals surface area contributed by atoms with Gasteiger partial charge in [0.25, 0.3) is 5.91 Å². The Morgan fingerprint density at radius 3 is 2.82 bits per heavy atom. The van der Waals surface area contributed by atoms with Crippen molar-refractivity contribution in [2.45, 2.75) is 13.3 Å². The number of rotatable bonds is 6. The number of carboxylic acid groups (broad SMARTS) is 1. The topological polar surface area (TPSA) is 75.4 Å². The first-order valence-corrected chi connectivity index (χ1v) is 7.20. The molecule has 0 aliphatic rings. The maximum absolute atomic E-state index is 12.4. The van der Waals surface area contributed by atoms with Crippen molar-refractivity contribution in [3.8, 4) is 5.69 Å². The molecule has 7 heteroatoms. The van der Waals surface area contributed by atoms with Crippen LogP contribution in [-0.4, -0.2) is 44.8 Å². The number of aromatic nitrogens is 2. The van der Waals surface area contributed by atoms with Crippen LogP contribution in [0.5, 0.6) is 0 Å². The molecule has 22 heavy (non-hydrogen) atoms. The molecule has 0 spiro atoms. The number of amides is 1. The Balaban J connectivity index is 2.22. The van der Waals surface area contributed by atoms with E-state index in [0.717, 1.165) is 5.69 Å². The largest absolute Gasteiger partial charge is 0.480 e. The standard InChI is InChI=1S/C15H16ClN3O3/c1-2-6-18(10-14(20)21)15(22)11-8-17-19(9-11)13-5-3-4-12(16)7-13/h3-5,7-9H,2,6,10H2,1H3,(H,20,21). The zero-order valence-corrected chi connectivity index (χ0v) is 12.8. The lowest BCUT2D eigenvalue weighted by atomic mass is 10.2. The third kappa shape index (κ3) is 3.85. The molecule has 1 aromatic heterocycles. The predicted octanol–water partition coefficient (Wildman–Crippen LogP) is 2.46. The zero-order chi connectivity index (χ0) is 16.1. The first-order valence-electron chi connectivity index (χ1n) is 6.83. The van der Waals surface area contributed by atoms with Gasteiger partial charge in [-0.1, -0.05) is 24.6 Å². The fraction of sp³-hybridized carbons (Fsp3) is 0.267. The second kappa shape index (κ2) is 7.09. The Bertz CT molecular complexity index is 684. The van der Waals surface area contributed by atoms with Gasteiger partial charge < -0.3 is 10.0 Å². The Morgan fingerprint density at radius 2 is 2.18 bits per heavy atom. The highest BCUT2D eigenvalue weighted by molar-refractivity contribution is 6.30. The van der Waals surface area contributed by atoms with Crippen molar-refractivity contribution in [1.82, 2.24) is 14.7 Å². The summed E-state index contributed by atoms with van der Waals surface area (Å²) in [5, 5.41) is 13.6. The molecule has 2 rings (SSSR count). The summed E-state index contributed by atoms with van der Waals surface area (Å²) in [5.74, 6) is -1.39. The summed E-state index contributed by atoms with van der Waals surface area (Å²) in [6.07, 6.45) is 3.67. The van der Waals surface area contributed by atoms with Crippen LogP contribution in [0.25, 0.3) is 5.69 Å². The van der Waals surface area contributed by atoms with Crippen molar-refractivity contribution < 1.29 is 14.7 Å². The molecule has 1 heterocycles. The fourth-order valence-corrected chi connectivity index (χ4v) is 2.25. The van der Waals surface area contributed by atoms with Gasteiger partial charge in [0, 0.05) is 17.8 Å². The molecular weight excluding hydrogens is 306 g/mol. The SMILES string of the molecule is CCCN(CC(=O)O)C(=O)c1cnn(-c2cccc(Cl)c2)c1. The van der Waals surface area contributed by atoms with E-state index in [9.17, 15) is 9.59 Å². The van der Waals surface area contributed by atoms with Crippen molar-refractivity contribution in [2.24, 2.45) is 0 Å². The third-order valence-corrected chi connectivity index (χ3v) is 3.24. The van der Waals surface area contributed by atoms with Gasteiger partial charge in [-0.3, -0.25) is 9.59 Å². The summed E-state index contributed by atoms with van der Waals surface area (Å²) < 4.78 is 1.53. The molecule has 0 fully saturated rings. The van der Waals surface area contributed by atoms with E-state index in [4.69, 9.17) is 16.7 Å². The van der Waals surface area contributed by atoms with Crippen LogP contribution in [0.4, 0.5) is 0 Å². The van der Waals surface area contributed by atoms with Gasteiger partial charge in [-0.2, -0.15) is 5.10 Å². The van der Waals surface area contributed by atoms with E-state index in [-0.39, 0.29) is 12.5 Å². The molecule has 0 bridgehead atoms. The minimum Gasteiger partial charge on any atom is -0.480 e. The number of carbonyl (C=O) groups excluding carboxylic acids is 1. The predicted molar refractivity (Wildman–Crippen MR) is 82.4 cm³/mol. The van der Waals surface area contributed by atoms with E-state index < -0.39 is 5.97 Å². The third-order valence-electron chi connectivity index (χ3n) is 3.01. The summed E-state index contributed by atoms with van der Waals surface area (Å²) in [5.41, 5.74) is 1.07. The van der Waals surface area contributed by atoms with E-state index >= 15 is 0 Å². The molecule has 0 atom stereocenters. The molecule has 1 amide bonds. The molecule has 0 saturated carbocycles. The summed E-state index contributed by atoms with van der Waals surface area (Å²) >= 11 is 5.93. The van der Waals surface area contributed by atoms with Crippen LogP contribution in [-0.2, 0) is 4.79 Å². The number of halogens is 1. The van der Waals surface area contributed by atoms with Crippen LogP contribution >= 0.6 is 11.6 Å². The lowest BCUT2D eigenvalue weighted by molar-refractivity contribution is -0.137. The highest BCUT2D eigenvalue weighted by Gasteiger charge is 2.19. The fourth-order valence-electron chi connectivity index (χ4n) is 2.06. The normalized spacial score (nSPS) is 10.5. The van der Waals surface area contributed by atoms with Gasteiger partial charge in [0.1, 0.15) is 6.54 Å². The zero-order valence-electron chi connectivity index (χ0n) is 12.1. The molecule has 0 radical (unpaired) electrons. The summed E-state index contributed by atoms with van der Waals surface area (Å²) in [4.78, 5) is 24.5. The van der Waals surface area contributed by atoms with E-state index in [1.807, 2.05) is 13.0 Å². The summed E-state index contributed by atoms with van der Waals surface area (Å²) in [6.45, 7) is 1.94. The monoisotopic (exact) mass is 321 g/mol. The minimum atomic E-state index is -1.04. The average Bonchev–Trinajstić information content (AvgIpc) is 2.95. The molecule has 0 aliphatic carbocycles. The van der Waals surface area contributed by atoms with Gasteiger partial charge in [0.05, 0.1) is 17.4 Å². The van der Waals surface area contributed by atoms with Crippen LogP contribution < -0.4 is 0 Å². The summed E-state index contributed by atoms with van der Waals surface area (Å²) in [6, 6.07) is 7.07. The Labute approximate surface area is 132 Å². The first kappa shape index (κ1) is 16.0. The average molecular weight is 322 g/mol. The number of benzene rings is 1. The van der Waals surface area contributed by atoms with Gasteiger partial charge in [0.15, 0.2) is 0 Å². The van der Waals surface area contributed by atoms with Crippen molar-refractivity contribution in [2.75, 3.05) is 13.1 Å². The molecule has 2 aromatic rings. The van der Waals surface area contributed by atoms with Crippen molar-refractivity contribution >= 4 is 23.5 Å². The molecule has 1 N–H and O–H groups in total. The van der Waals surface area contributed by atoms with Crippen molar-refractivity contribution in [3.63, 3.8) is 0 Å². The van der Waals surface area contributed by atoms with E-state index in [2.05, 4.69) is 5.10 Å². The van der Waals surface area contributed by atoms with Crippen LogP contribution in [0.2, 0.25) is 5.02 Å². The summed E-state index contributed by atoms with van der Waals surface area (Å²) in [7, 11) is 0. The van der Waals surface area contributed by atoms with Gasteiger partial charge >= 0.3 is 5.97 Å². The molecule has 0 unspecified atom stereocenters. The van der Waals surface area contributed by atoms with Gasteiger partial charge in [-0.25, -0.2) is 4.68 Å². The van der Waals surface area contributed by atoms with Gasteiger partial charge in [0.2, 0.25) is 0 Å². The molecule has 116 valence electrons. The van der Waals surface area contributed by atoms with Crippen molar-refractivity contribution in [3.05, 3.63) is 47.2 Å². The van der Waals surface area contributed by atoms with Crippen molar-refractivity contribution in [1.29, 1.82) is 0 Å². The van der Waals surface area contributed by atoms with Crippen LogP contribution in [0, 0.1) is 0 Å². The number of carbonyl (C=O) groups is 2. The quantitative estimate of drug-likeness (QED) is 0.886. The lowest BCUT2D eigenvalue weighted by Gasteiger charge is -2.18. The highest BCUT2D eigenvalue weighted by Crippen LogP contribution is 2.15. The minimum absolute atomic E-state index is 0.324. The smallest absolute Gasteiger partial charge is 0.323 e. The number of hydrogen-bond donors (Lipinski definition) is 1. The van der Waals surface area contributed by atoms with Crippen LogP contribution in [0.1, 0.15) is 23.7 Å². The maximum Gasteiger partial charge on any atom is 0.323 e. The molecular formula is C15H16ClN3O3. The van der Waals surface area contributed by atoms with E-state index in [1.54, 1.807) is 24.4 Å². The van der Waals surface area contributed by atoms with Crippen LogP contribution in [0.15, 0.2) is 36.7 Å². The molecule has 0 aliphatic heterocycles. The van der Waals surface area contributed by atoms with Gasteiger partial charge in [-0.05, 0) is 24.6 Å². The number of carboxylic acids is 1. The molecule has 0 saturated heterocycles. The molecule has 1 aromatic carbocycles. The second-order valence-electron chi connectivity index (χ2n) is 4.77. The second-order valence-corrected chi connectivity index (χ2v) is 5.21. The van der Waals surface area contributed by atoms with E-state index in [1.165, 1.54) is 15.8 Å². The van der Waals surface area contributed by atoms with E-state index in [0.29, 0.717) is 23.6 Å². The number of nitrogens with zero attached hydrogens (tertiary/aromatic N) is 3. The molecule has 6 nitrogen and oxygen atoms in total. The Hall–Kier alpha value is -2.34. The van der Waals surface area contributed by atoms with Gasteiger partial charge in [-0.15, -0.1) is 0 Å². The maximum atomic E-state index is 12.4. The number of aliphatic carboxylic acids is 1. The lowest BCUT2D eigenvalue weighted by Crippen LogP contribution is -2.36. The Kier molecular flexibility index (Phi) is 5.16. The Morgan fingerprint density at radius 1 is 1.41 bits per heavy atom. The first-order chi connectivity index (χ1) is 10.5. The highest BCUT2D eigenvalue weighted by atomic mass is 35.5. The number of hydrogen-bond acceptors (Lipinski definition) is 3.